The molecule has 0 amide bonds. The van der Waals surface area contributed by atoms with Gasteiger partial charge in [0.2, 0.25) is 0 Å². The summed E-state index contributed by atoms with van der Waals surface area (Å²) in [6.07, 6.45) is 3.33. The van der Waals surface area contributed by atoms with E-state index in [2.05, 4.69) is 9.97 Å². The van der Waals surface area contributed by atoms with E-state index in [9.17, 15) is 0 Å². The number of halogens is 1. The van der Waals surface area contributed by atoms with Crippen LogP contribution in [-0.4, -0.2) is 9.97 Å². The molecule has 2 heterocycles. The lowest BCUT2D eigenvalue weighted by Gasteiger charge is -2.05. The Labute approximate surface area is 86.9 Å². The maximum absolute atomic E-state index is 5.83. The van der Waals surface area contributed by atoms with E-state index in [-0.39, 0.29) is 6.04 Å². The van der Waals surface area contributed by atoms with Crippen molar-refractivity contribution in [1.29, 1.82) is 0 Å². The van der Waals surface area contributed by atoms with E-state index in [0.717, 1.165) is 10.9 Å². The van der Waals surface area contributed by atoms with Crippen molar-refractivity contribution in [3.63, 3.8) is 0 Å². The van der Waals surface area contributed by atoms with Crippen molar-refractivity contribution in [2.24, 2.45) is 5.73 Å². The highest BCUT2D eigenvalue weighted by molar-refractivity contribution is 6.31. The van der Waals surface area contributed by atoms with Gasteiger partial charge in [0.05, 0.1) is 5.02 Å². The summed E-state index contributed by atoms with van der Waals surface area (Å²) in [6, 6.07) is 3.78. The Morgan fingerprint density at radius 1 is 1.29 bits per heavy atom. The molecule has 0 saturated carbocycles. The van der Waals surface area contributed by atoms with Crippen LogP contribution in [0.3, 0.4) is 0 Å². The standard InChI is InChI=1S/C10H10ClN3/c1-6(12)8-2-7-3-9(11)5-14-10(7)13-4-8/h2-6H,12H2,1H3/t6-/m0/s1. The van der Waals surface area contributed by atoms with Crippen LogP contribution >= 0.6 is 11.6 Å². The molecule has 14 heavy (non-hydrogen) atoms. The molecule has 0 radical (unpaired) electrons. The summed E-state index contributed by atoms with van der Waals surface area (Å²) in [5.74, 6) is 0. The Morgan fingerprint density at radius 2 is 2.00 bits per heavy atom. The molecule has 2 aromatic rings. The van der Waals surface area contributed by atoms with E-state index in [1.807, 2.05) is 19.1 Å². The van der Waals surface area contributed by atoms with Crippen LogP contribution in [-0.2, 0) is 0 Å². The summed E-state index contributed by atoms with van der Waals surface area (Å²) in [4.78, 5) is 8.29. The van der Waals surface area contributed by atoms with E-state index in [4.69, 9.17) is 17.3 Å². The highest BCUT2D eigenvalue weighted by Gasteiger charge is 2.02. The predicted molar refractivity (Wildman–Crippen MR) is 57.2 cm³/mol. The molecule has 0 unspecified atom stereocenters. The van der Waals surface area contributed by atoms with Crippen LogP contribution < -0.4 is 5.73 Å². The van der Waals surface area contributed by atoms with E-state index < -0.39 is 0 Å². The van der Waals surface area contributed by atoms with Gasteiger partial charge in [-0.2, -0.15) is 0 Å². The first-order valence-electron chi connectivity index (χ1n) is 4.33. The SMILES string of the molecule is C[C@H](N)c1cnc2ncc(Cl)cc2c1. The van der Waals surface area contributed by atoms with Gasteiger partial charge in [-0.3, -0.25) is 0 Å². The van der Waals surface area contributed by atoms with Crippen LogP contribution in [0.2, 0.25) is 5.02 Å². The fraction of sp³-hybridized carbons (Fsp3) is 0.200. The Bertz CT molecular complexity index is 468. The third-order valence-electron chi connectivity index (χ3n) is 2.05. The van der Waals surface area contributed by atoms with Crippen LogP contribution in [0.5, 0.6) is 0 Å². The molecule has 0 saturated heterocycles. The molecule has 4 heteroatoms. The third kappa shape index (κ3) is 1.69. The monoisotopic (exact) mass is 207 g/mol. The molecule has 0 fully saturated rings. The van der Waals surface area contributed by atoms with Crippen molar-refractivity contribution in [2.45, 2.75) is 13.0 Å². The maximum Gasteiger partial charge on any atom is 0.159 e. The van der Waals surface area contributed by atoms with Gasteiger partial charge in [0.25, 0.3) is 0 Å². The van der Waals surface area contributed by atoms with Gasteiger partial charge in [0.15, 0.2) is 5.65 Å². The third-order valence-corrected chi connectivity index (χ3v) is 2.25. The number of pyridine rings is 2. The fourth-order valence-electron chi connectivity index (χ4n) is 1.26. The minimum atomic E-state index is -0.0223. The Morgan fingerprint density at radius 3 is 2.71 bits per heavy atom. The first kappa shape index (κ1) is 9.37. The number of hydrogen-bond acceptors (Lipinski definition) is 3. The summed E-state index contributed by atoms with van der Waals surface area (Å²) < 4.78 is 0. The molecule has 2 N–H and O–H groups in total. The molecule has 0 bridgehead atoms. The molecule has 2 aromatic heterocycles. The molecule has 2 rings (SSSR count). The number of aromatic nitrogens is 2. The topological polar surface area (TPSA) is 51.8 Å². The molecular formula is C10H10ClN3. The van der Waals surface area contributed by atoms with Crippen molar-refractivity contribution in [3.8, 4) is 0 Å². The highest BCUT2D eigenvalue weighted by Crippen LogP contribution is 2.18. The van der Waals surface area contributed by atoms with Gasteiger partial charge in [0.1, 0.15) is 0 Å². The van der Waals surface area contributed by atoms with Gasteiger partial charge in [-0.1, -0.05) is 11.6 Å². The lowest BCUT2D eigenvalue weighted by molar-refractivity contribution is 0.814. The van der Waals surface area contributed by atoms with E-state index in [1.165, 1.54) is 0 Å². The Hall–Kier alpha value is -1.19. The number of nitrogens with two attached hydrogens (primary N) is 1. The average Bonchev–Trinajstić information content (AvgIpc) is 2.16. The van der Waals surface area contributed by atoms with Gasteiger partial charge in [-0.25, -0.2) is 9.97 Å². The van der Waals surface area contributed by atoms with Gasteiger partial charge in [-0.05, 0) is 24.6 Å². The Kier molecular flexibility index (Phi) is 2.35. The van der Waals surface area contributed by atoms with Crippen LogP contribution in [0.25, 0.3) is 11.0 Å². The molecule has 1 atom stereocenters. The fourth-order valence-corrected chi connectivity index (χ4v) is 1.43. The maximum atomic E-state index is 5.83. The summed E-state index contributed by atoms with van der Waals surface area (Å²) in [6.45, 7) is 1.92. The van der Waals surface area contributed by atoms with Crippen molar-refractivity contribution in [3.05, 3.63) is 35.1 Å². The van der Waals surface area contributed by atoms with Crippen LogP contribution in [0, 0.1) is 0 Å². The van der Waals surface area contributed by atoms with E-state index in [1.54, 1.807) is 12.4 Å². The largest absolute Gasteiger partial charge is 0.324 e. The summed E-state index contributed by atoms with van der Waals surface area (Å²) >= 11 is 5.83. The predicted octanol–water partition coefficient (Wildman–Crippen LogP) is 2.30. The molecule has 72 valence electrons. The van der Waals surface area contributed by atoms with Crippen molar-refractivity contribution in [1.82, 2.24) is 9.97 Å². The minimum absolute atomic E-state index is 0.0223. The first-order valence-corrected chi connectivity index (χ1v) is 4.71. The zero-order valence-electron chi connectivity index (χ0n) is 7.74. The van der Waals surface area contributed by atoms with E-state index >= 15 is 0 Å². The normalized spacial score (nSPS) is 13.1. The number of fused-ring (bicyclic) bond motifs is 1. The molecule has 0 aromatic carbocycles. The smallest absolute Gasteiger partial charge is 0.159 e. The number of nitrogens with zero attached hydrogens (tertiary/aromatic N) is 2. The van der Waals surface area contributed by atoms with Crippen molar-refractivity contribution >= 4 is 22.6 Å². The van der Waals surface area contributed by atoms with E-state index in [0.29, 0.717) is 10.7 Å². The zero-order valence-corrected chi connectivity index (χ0v) is 8.49. The van der Waals surface area contributed by atoms with Crippen LogP contribution in [0.4, 0.5) is 0 Å². The quantitative estimate of drug-likeness (QED) is 0.781. The highest BCUT2D eigenvalue weighted by atomic mass is 35.5. The second-order valence-electron chi connectivity index (χ2n) is 3.26. The lowest BCUT2D eigenvalue weighted by atomic mass is 10.1. The molecule has 3 nitrogen and oxygen atoms in total. The lowest BCUT2D eigenvalue weighted by Crippen LogP contribution is -2.05. The molecule has 0 aliphatic heterocycles. The summed E-state index contributed by atoms with van der Waals surface area (Å²) in [5, 5.41) is 1.54. The average molecular weight is 208 g/mol. The summed E-state index contributed by atoms with van der Waals surface area (Å²) in [7, 11) is 0. The van der Waals surface area contributed by atoms with Crippen LogP contribution in [0.15, 0.2) is 24.5 Å². The van der Waals surface area contributed by atoms with Crippen molar-refractivity contribution < 1.29 is 0 Å². The molecule has 0 aliphatic carbocycles. The van der Waals surface area contributed by atoms with Crippen LogP contribution in [0.1, 0.15) is 18.5 Å². The molecular weight excluding hydrogens is 198 g/mol. The number of hydrogen-bond donors (Lipinski definition) is 1. The zero-order chi connectivity index (χ0) is 10.1. The van der Waals surface area contributed by atoms with Gasteiger partial charge < -0.3 is 5.73 Å². The van der Waals surface area contributed by atoms with Gasteiger partial charge in [0, 0.05) is 23.8 Å². The second-order valence-corrected chi connectivity index (χ2v) is 3.69. The summed E-state index contributed by atoms with van der Waals surface area (Å²) in [5.41, 5.74) is 7.43. The van der Waals surface area contributed by atoms with Gasteiger partial charge >= 0.3 is 0 Å². The second kappa shape index (κ2) is 3.52. The van der Waals surface area contributed by atoms with Crippen molar-refractivity contribution in [2.75, 3.05) is 0 Å². The first-order chi connectivity index (χ1) is 6.66. The molecule has 0 aliphatic rings. The Balaban J connectivity index is 2.63. The van der Waals surface area contributed by atoms with Gasteiger partial charge in [-0.15, -0.1) is 0 Å². The number of rotatable bonds is 1. The minimum Gasteiger partial charge on any atom is -0.324 e. The molecule has 0 spiro atoms.